The maximum absolute atomic E-state index is 12.2. The molecule has 2 rings (SSSR count). The SMILES string of the molecule is CC(N)C1CCN(C(=O)CCCNC(=O)NC2CCCCC2)CC1.Cl. The van der Waals surface area contributed by atoms with Crippen LogP contribution in [-0.2, 0) is 4.79 Å². The predicted molar refractivity (Wildman–Crippen MR) is 103 cm³/mol. The number of piperidine rings is 1. The number of halogens is 1. The Morgan fingerprint density at radius 3 is 2.36 bits per heavy atom. The number of carbonyl (C=O) groups is 2. The van der Waals surface area contributed by atoms with E-state index in [1.165, 1.54) is 19.3 Å². The number of nitrogens with zero attached hydrogens (tertiary/aromatic N) is 1. The fourth-order valence-electron chi connectivity index (χ4n) is 3.76. The van der Waals surface area contributed by atoms with Crippen molar-refractivity contribution in [2.75, 3.05) is 19.6 Å². The summed E-state index contributed by atoms with van der Waals surface area (Å²) in [5.74, 6) is 0.742. The number of nitrogens with two attached hydrogens (primary N) is 1. The third-order valence-corrected chi connectivity index (χ3v) is 5.43. The van der Waals surface area contributed by atoms with E-state index in [0.29, 0.717) is 31.3 Å². The first-order valence-corrected chi connectivity index (χ1v) is 9.64. The molecule has 2 fully saturated rings. The minimum Gasteiger partial charge on any atom is -0.343 e. The van der Waals surface area contributed by atoms with Gasteiger partial charge in [-0.25, -0.2) is 4.79 Å². The standard InChI is InChI=1S/C18H34N4O2.ClH/c1-14(19)15-9-12-22(13-10-15)17(23)8-5-11-20-18(24)21-16-6-3-2-4-7-16;/h14-16H,2-13,19H2,1H3,(H2,20,21,24);1H. The first-order chi connectivity index (χ1) is 11.6. The van der Waals surface area contributed by atoms with Gasteiger partial charge in [0.2, 0.25) is 5.91 Å². The number of carbonyl (C=O) groups excluding carboxylic acids is 2. The molecule has 0 aromatic heterocycles. The Morgan fingerprint density at radius 1 is 1.12 bits per heavy atom. The van der Waals surface area contributed by atoms with Gasteiger partial charge in [0.25, 0.3) is 0 Å². The molecule has 146 valence electrons. The molecule has 2 aliphatic rings. The number of rotatable bonds is 6. The second kappa shape index (κ2) is 11.6. The summed E-state index contributed by atoms with van der Waals surface area (Å²) in [6.07, 6.45) is 9.08. The Bertz CT molecular complexity index is 406. The fourth-order valence-corrected chi connectivity index (χ4v) is 3.76. The zero-order valence-electron chi connectivity index (χ0n) is 15.5. The van der Waals surface area contributed by atoms with Crippen molar-refractivity contribution in [3.05, 3.63) is 0 Å². The summed E-state index contributed by atoms with van der Waals surface area (Å²) in [6.45, 7) is 4.24. The van der Waals surface area contributed by atoms with Crippen molar-refractivity contribution in [2.24, 2.45) is 11.7 Å². The first kappa shape index (κ1) is 22.0. The normalized spacial score (nSPS) is 20.5. The van der Waals surface area contributed by atoms with Crippen molar-refractivity contribution in [1.29, 1.82) is 0 Å². The molecule has 1 atom stereocenters. The average molecular weight is 375 g/mol. The number of hydrogen-bond donors (Lipinski definition) is 3. The van der Waals surface area contributed by atoms with E-state index in [2.05, 4.69) is 10.6 Å². The van der Waals surface area contributed by atoms with Crippen molar-refractivity contribution in [3.63, 3.8) is 0 Å². The van der Waals surface area contributed by atoms with Crippen LogP contribution < -0.4 is 16.4 Å². The second-order valence-electron chi connectivity index (χ2n) is 7.42. The number of urea groups is 1. The van der Waals surface area contributed by atoms with Gasteiger partial charge in [-0.3, -0.25) is 4.79 Å². The number of hydrogen-bond acceptors (Lipinski definition) is 3. The van der Waals surface area contributed by atoms with Crippen LogP contribution in [0.3, 0.4) is 0 Å². The molecule has 1 saturated carbocycles. The van der Waals surface area contributed by atoms with Crippen LogP contribution in [-0.4, -0.2) is 48.6 Å². The molecular formula is C18H35ClN4O2. The van der Waals surface area contributed by atoms with E-state index >= 15 is 0 Å². The number of likely N-dealkylation sites (tertiary alicyclic amines) is 1. The summed E-state index contributed by atoms with van der Waals surface area (Å²) >= 11 is 0. The summed E-state index contributed by atoms with van der Waals surface area (Å²) in [7, 11) is 0. The van der Waals surface area contributed by atoms with Gasteiger partial charge in [0.1, 0.15) is 0 Å². The van der Waals surface area contributed by atoms with Crippen molar-refractivity contribution >= 4 is 24.3 Å². The molecule has 25 heavy (non-hydrogen) atoms. The smallest absolute Gasteiger partial charge is 0.315 e. The van der Waals surface area contributed by atoms with Crippen molar-refractivity contribution in [2.45, 2.75) is 76.8 Å². The van der Waals surface area contributed by atoms with E-state index in [4.69, 9.17) is 5.73 Å². The Kier molecular flexibility index (Phi) is 10.2. The van der Waals surface area contributed by atoms with Gasteiger partial charge in [-0.1, -0.05) is 19.3 Å². The second-order valence-corrected chi connectivity index (χ2v) is 7.42. The van der Waals surface area contributed by atoms with Crippen LogP contribution in [0.15, 0.2) is 0 Å². The highest BCUT2D eigenvalue weighted by Crippen LogP contribution is 2.20. The van der Waals surface area contributed by atoms with Gasteiger partial charge in [0.05, 0.1) is 0 Å². The predicted octanol–water partition coefficient (Wildman–Crippen LogP) is 2.41. The van der Waals surface area contributed by atoms with Crippen LogP contribution >= 0.6 is 12.4 Å². The zero-order chi connectivity index (χ0) is 17.4. The number of amides is 3. The van der Waals surface area contributed by atoms with Crippen molar-refractivity contribution < 1.29 is 9.59 Å². The minimum atomic E-state index is -0.0907. The third-order valence-electron chi connectivity index (χ3n) is 5.43. The van der Waals surface area contributed by atoms with Crippen LogP contribution in [0.5, 0.6) is 0 Å². The molecular weight excluding hydrogens is 340 g/mol. The van der Waals surface area contributed by atoms with Gasteiger partial charge >= 0.3 is 6.03 Å². The summed E-state index contributed by atoms with van der Waals surface area (Å²) in [5.41, 5.74) is 5.93. The molecule has 7 heteroatoms. The Balaban J connectivity index is 0.00000312. The molecule has 0 bridgehead atoms. The molecule has 0 aromatic rings. The third kappa shape index (κ3) is 7.82. The first-order valence-electron chi connectivity index (χ1n) is 9.64. The summed E-state index contributed by atoms with van der Waals surface area (Å²) < 4.78 is 0. The summed E-state index contributed by atoms with van der Waals surface area (Å²) in [5, 5.41) is 5.90. The van der Waals surface area contributed by atoms with Crippen LogP contribution in [0.2, 0.25) is 0 Å². The molecule has 0 spiro atoms. The fraction of sp³-hybridized carbons (Fsp3) is 0.889. The van der Waals surface area contributed by atoms with Gasteiger partial charge in [0, 0.05) is 38.1 Å². The van der Waals surface area contributed by atoms with E-state index in [1.54, 1.807) is 0 Å². The molecule has 1 aliphatic heterocycles. The van der Waals surface area contributed by atoms with E-state index in [9.17, 15) is 9.59 Å². The van der Waals surface area contributed by atoms with Crippen LogP contribution in [0, 0.1) is 5.92 Å². The lowest BCUT2D eigenvalue weighted by Gasteiger charge is -2.33. The lowest BCUT2D eigenvalue weighted by molar-refractivity contribution is -0.132. The average Bonchev–Trinajstić information content (AvgIpc) is 2.59. The lowest BCUT2D eigenvalue weighted by Crippen LogP contribution is -2.44. The lowest BCUT2D eigenvalue weighted by atomic mass is 9.91. The molecule has 6 nitrogen and oxygen atoms in total. The van der Waals surface area contributed by atoms with Gasteiger partial charge < -0.3 is 21.3 Å². The Morgan fingerprint density at radius 2 is 1.76 bits per heavy atom. The summed E-state index contributed by atoms with van der Waals surface area (Å²) in [6, 6.07) is 0.452. The molecule has 3 amide bonds. The highest BCUT2D eigenvalue weighted by Gasteiger charge is 2.24. The Hall–Kier alpha value is -1.01. The highest BCUT2D eigenvalue weighted by atomic mass is 35.5. The molecule has 0 radical (unpaired) electrons. The summed E-state index contributed by atoms with van der Waals surface area (Å²) in [4.78, 5) is 26.0. The van der Waals surface area contributed by atoms with Gasteiger partial charge in [-0.05, 0) is 44.9 Å². The van der Waals surface area contributed by atoms with Crippen LogP contribution in [0.25, 0.3) is 0 Å². The monoisotopic (exact) mass is 374 g/mol. The van der Waals surface area contributed by atoms with Crippen molar-refractivity contribution in [1.82, 2.24) is 15.5 Å². The quantitative estimate of drug-likeness (QED) is 0.624. The van der Waals surface area contributed by atoms with Crippen LogP contribution in [0.4, 0.5) is 4.79 Å². The van der Waals surface area contributed by atoms with E-state index in [0.717, 1.165) is 38.8 Å². The van der Waals surface area contributed by atoms with E-state index in [-0.39, 0.29) is 30.4 Å². The van der Waals surface area contributed by atoms with Gasteiger partial charge in [-0.15, -0.1) is 12.4 Å². The van der Waals surface area contributed by atoms with Gasteiger partial charge in [0.15, 0.2) is 0 Å². The molecule has 1 saturated heterocycles. The molecule has 1 unspecified atom stereocenters. The van der Waals surface area contributed by atoms with Crippen molar-refractivity contribution in [3.8, 4) is 0 Å². The largest absolute Gasteiger partial charge is 0.343 e. The highest BCUT2D eigenvalue weighted by molar-refractivity contribution is 5.85. The molecule has 4 N–H and O–H groups in total. The topological polar surface area (TPSA) is 87.5 Å². The van der Waals surface area contributed by atoms with Gasteiger partial charge in [-0.2, -0.15) is 0 Å². The minimum absolute atomic E-state index is 0. The maximum atomic E-state index is 12.2. The van der Waals surface area contributed by atoms with E-state index < -0.39 is 0 Å². The zero-order valence-corrected chi connectivity index (χ0v) is 16.3. The molecule has 0 aromatic carbocycles. The Labute approximate surface area is 158 Å². The number of nitrogens with one attached hydrogen (secondary N) is 2. The molecule has 1 heterocycles. The van der Waals surface area contributed by atoms with E-state index in [1.807, 2.05) is 11.8 Å². The maximum Gasteiger partial charge on any atom is 0.315 e. The van der Waals surface area contributed by atoms with Crippen LogP contribution in [0.1, 0.15) is 64.7 Å². The molecule has 1 aliphatic carbocycles.